The Labute approximate surface area is 218 Å². The third-order valence-electron chi connectivity index (χ3n) is 6.11. The van der Waals surface area contributed by atoms with Crippen molar-refractivity contribution in [1.82, 2.24) is 10.6 Å². The Bertz CT molecular complexity index is 932. The molecule has 0 saturated carbocycles. The van der Waals surface area contributed by atoms with Gasteiger partial charge in [0.05, 0.1) is 0 Å². The van der Waals surface area contributed by atoms with Crippen LogP contribution in [0.3, 0.4) is 0 Å². The lowest BCUT2D eigenvalue weighted by molar-refractivity contribution is -0.117. The first-order valence-electron chi connectivity index (χ1n) is 13.1. The second-order valence-electron chi connectivity index (χ2n) is 11.4. The number of benzene rings is 2. The first-order chi connectivity index (χ1) is 16.9. The summed E-state index contributed by atoms with van der Waals surface area (Å²) in [5.74, 6) is -0.135. The van der Waals surface area contributed by atoms with E-state index >= 15 is 0 Å². The van der Waals surface area contributed by atoms with Crippen molar-refractivity contribution in [2.75, 3.05) is 13.1 Å². The molecule has 4 heteroatoms. The Kier molecular flexibility index (Phi) is 11.2. The van der Waals surface area contributed by atoms with Crippen LogP contribution in [-0.4, -0.2) is 24.9 Å². The Hall–Kier alpha value is -3.14. The minimum atomic E-state index is -0.0676. The Morgan fingerprint density at radius 3 is 1.22 bits per heavy atom. The number of amides is 2. The quantitative estimate of drug-likeness (QED) is 0.270. The van der Waals surface area contributed by atoms with Gasteiger partial charge in [-0.15, -0.1) is 0 Å². The fraction of sp³-hybridized carbons (Fsp3) is 0.438. The maximum atomic E-state index is 12.0. The largest absolute Gasteiger partial charge is 0.353 e. The molecule has 0 aliphatic rings. The van der Waals surface area contributed by atoms with Crippen LogP contribution in [0.5, 0.6) is 0 Å². The summed E-state index contributed by atoms with van der Waals surface area (Å²) in [5, 5.41) is 5.87. The molecule has 0 heterocycles. The molecular formula is C32H44N2O2. The van der Waals surface area contributed by atoms with Crippen LogP contribution in [-0.2, 0) is 20.4 Å². The number of carbonyl (C=O) groups is 2. The van der Waals surface area contributed by atoms with E-state index in [0.717, 1.165) is 36.8 Å². The molecule has 0 bridgehead atoms. The summed E-state index contributed by atoms with van der Waals surface area (Å²) in [4.78, 5) is 24.1. The summed E-state index contributed by atoms with van der Waals surface area (Å²) in [7, 11) is 0. The highest BCUT2D eigenvalue weighted by Gasteiger charge is 2.13. The van der Waals surface area contributed by atoms with Gasteiger partial charge in [-0.1, -0.05) is 103 Å². The van der Waals surface area contributed by atoms with Gasteiger partial charge < -0.3 is 10.6 Å². The van der Waals surface area contributed by atoms with E-state index in [9.17, 15) is 9.59 Å². The SMILES string of the molecule is CC(C)(C)c1ccc(C=CC(=O)NCCCCCCNC(=O)C=Cc2ccc(C(C)(C)C)cc2)cc1. The van der Waals surface area contributed by atoms with Gasteiger partial charge in [0, 0.05) is 25.2 Å². The molecule has 0 atom stereocenters. The maximum Gasteiger partial charge on any atom is 0.243 e. The van der Waals surface area contributed by atoms with Crippen LogP contribution in [0, 0.1) is 0 Å². The zero-order chi connectivity index (χ0) is 26.6. The van der Waals surface area contributed by atoms with E-state index < -0.39 is 0 Å². The predicted molar refractivity (Wildman–Crippen MR) is 153 cm³/mol. The number of carbonyl (C=O) groups excluding carboxylic acids is 2. The van der Waals surface area contributed by atoms with Gasteiger partial charge >= 0.3 is 0 Å². The number of hydrogen-bond acceptors (Lipinski definition) is 2. The van der Waals surface area contributed by atoms with Crippen molar-refractivity contribution in [3.63, 3.8) is 0 Å². The van der Waals surface area contributed by atoms with Crippen molar-refractivity contribution in [3.05, 3.63) is 82.9 Å². The third kappa shape index (κ3) is 11.1. The average molecular weight is 489 g/mol. The zero-order valence-electron chi connectivity index (χ0n) is 23.0. The molecule has 2 N–H and O–H groups in total. The molecule has 0 unspecified atom stereocenters. The molecule has 2 aromatic rings. The molecule has 2 amide bonds. The molecule has 4 nitrogen and oxygen atoms in total. The molecule has 0 saturated heterocycles. The highest BCUT2D eigenvalue weighted by molar-refractivity contribution is 5.92. The van der Waals surface area contributed by atoms with Crippen LogP contribution < -0.4 is 10.6 Å². The van der Waals surface area contributed by atoms with E-state index in [1.54, 1.807) is 12.2 Å². The second kappa shape index (κ2) is 13.8. The lowest BCUT2D eigenvalue weighted by Gasteiger charge is -2.18. The van der Waals surface area contributed by atoms with E-state index in [1.807, 2.05) is 36.4 Å². The smallest absolute Gasteiger partial charge is 0.243 e. The predicted octanol–water partition coefficient (Wildman–Crippen LogP) is 6.80. The minimum Gasteiger partial charge on any atom is -0.353 e. The van der Waals surface area contributed by atoms with Crippen molar-refractivity contribution in [1.29, 1.82) is 0 Å². The Morgan fingerprint density at radius 1 is 0.583 bits per heavy atom. The Balaban J connectivity index is 1.54. The summed E-state index contributed by atoms with van der Waals surface area (Å²) in [5.41, 5.74) is 4.86. The van der Waals surface area contributed by atoms with E-state index in [2.05, 4.69) is 76.4 Å². The van der Waals surface area contributed by atoms with Crippen molar-refractivity contribution in [2.24, 2.45) is 0 Å². The highest BCUT2D eigenvalue weighted by atomic mass is 16.2. The molecule has 2 aromatic carbocycles. The molecule has 0 aliphatic carbocycles. The molecule has 2 rings (SSSR count). The van der Waals surface area contributed by atoms with Gasteiger partial charge in [0.15, 0.2) is 0 Å². The van der Waals surface area contributed by atoms with Crippen LogP contribution in [0.15, 0.2) is 60.7 Å². The first kappa shape index (κ1) is 29.1. The molecule has 0 aliphatic heterocycles. The number of hydrogen-bond donors (Lipinski definition) is 2. The van der Waals surface area contributed by atoms with E-state index in [4.69, 9.17) is 0 Å². The van der Waals surface area contributed by atoms with Gasteiger partial charge in [-0.25, -0.2) is 0 Å². The van der Waals surface area contributed by atoms with Crippen LogP contribution in [0.1, 0.15) is 89.5 Å². The molecular weight excluding hydrogens is 444 g/mol. The number of unbranched alkanes of at least 4 members (excludes halogenated alkanes) is 3. The number of nitrogens with one attached hydrogen (secondary N) is 2. The standard InChI is InChI=1S/C32H44N2O2/c1-31(2,3)27-17-11-25(12-18-27)15-21-29(35)33-23-9-7-8-10-24-34-30(36)22-16-26-13-19-28(20-14-26)32(4,5)6/h11-22H,7-10,23-24H2,1-6H3,(H,33,35)(H,34,36). The molecule has 36 heavy (non-hydrogen) atoms. The maximum absolute atomic E-state index is 12.0. The van der Waals surface area contributed by atoms with E-state index in [-0.39, 0.29) is 22.6 Å². The minimum absolute atomic E-state index is 0.0676. The van der Waals surface area contributed by atoms with Gasteiger partial charge in [-0.05, 0) is 58.1 Å². The van der Waals surface area contributed by atoms with Crippen molar-refractivity contribution >= 4 is 24.0 Å². The third-order valence-corrected chi connectivity index (χ3v) is 6.11. The average Bonchev–Trinajstić information content (AvgIpc) is 2.82. The summed E-state index contributed by atoms with van der Waals surface area (Å²) in [6, 6.07) is 16.6. The first-order valence-corrected chi connectivity index (χ1v) is 13.1. The molecule has 0 radical (unpaired) electrons. The van der Waals surface area contributed by atoms with Crippen LogP contribution in [0.2, 0.25) is 0 Å². The van der Waals surface area contributed by atoms with Gasteiger partial charge in [-0.2, -0.15) is 0 Å². The molecule has 0 fully saturated rings. The highest BCUT2D eigenvalue weighted by Crippen LogP contribution is 2.23. The van der Waals surface area contributed by atoms with Gasteiger partial charge in [0.2, 0.25) is 11.8 Å². The molecule has 0 aromatic heterocycles. The van der Waals surface area contributed by atoms with Gasteiger partial charge in [0.25, 0.3) is 0 Å². The normalized spacial score (nSPS) is 12.3. The zero-order valence-corrected chi connectivity index (χ0v) is 23.0. The summed E-state index contributed by atoms with van der Waals surface area (Å²) >= 11 is 0. The van der Waals surface area contributed by atoms with Crippen molar-refractivity contribution in [2.45, 2.75) is 78.1 Å². The monoisotopic (exact) mass is 488 g/mol. The fourth-order valence-electron chi connectivity index (χ4n) is 3.68. The Morgan fingerprint density at radius 2 is 0.917 bits per heavy atom. The molecule has 0 spiro atoms. The summed E-state index contributed by atoms with van der Waals surface area (Å²) in [6.45, 7) is 14.5. The van der Waals surface area contributed by atoms with Gasteiger partial charge in [0.1, 0.15) is 0 Å². The second-order valence-corrected chi connectivity index (χ2v) is 11.4. The van der Waals surface area contributed by atoms with Crippen molar-refractivity contribution < 1.29 is 9.59 Å². The van der Waals surface area contributed by atoms with Crippen LogP contribution in [0.25, 0.3) is 12.2 Å². The number of rotatable bonds is 11. The lowest BCUT2D eigenvalue weighted by Crippen LogP contribution is -2.23. The van der Waals surface area contributed by atoms with Crippen LogP contribution >= 0.6 is 0 Å². The lowest BCUT2D eigenvalue weighted by atomic mass is 9.87. The molecule has 194 valence electrons. The van der Waals surface area contributed by atoms with E-state index in [1.165, 1.54) is 11.1 Å². The van der Waals surface area contributed by atoms with E-state index in [0.29, 0.717) is 13.1 Å². The fourth-order valence-corrected chi connectivity index (χ4v) is 3.68. The van der Waals surface area contributed by atoms with Crippen LogP contribution in [0.4, 0.5) is 0 Å². The topological polar surface area (TPSA) is 58.2 Å². The summed E-state index contributed by atoms with van der Waals surface area (Å²) in [6.07, 6.45) is 10.8. The van der Waals surface area contributed by atoms with Crippen molar-refractivity contribution in [3.8, 4) is 0 Å². The summed E-state index contributed by atoms with van der Waals surface area (Å²) < 4.78 is 0. The van der Waals surface area contributed by atoms with Gasteiger partial charge in [-0.3, -0.25) is 9.59 Å².